The van der Waals surface area contributed by atoms with Gasteiger partial charge in [0.2, 0.25) is 15.8 Å². The van der Waals surface area contributed by atoms with Crippen molar-refractivity contribution >= 4 is 27.5 Å². The number of piperidine rings is 1. The largest absolute Gasteiger partial charge is 0.444 e. The van der Waals surface area contributed by atoms with Gasteiger partial charge in [-0.2, -0.15) is 19.6 Å². The first-order valence-corrected chi connectivity index (χ1v) is 12.2. The lowest BCUT2D eigenvalue weighted by atomic mass is 9.89. The number of hydrogen-bond acceptors (Lipinski definition) is 8. The highest BCUT2D eigenvalue weighted by Crippen LogP contribution is 2.28. The molecule has 1 saturated heterocycles. The summed E-state index contributed by atoms with van der Waals surface area (Å²) in [6, 6.07) is 0.00600. The molecule has 1 fully saturated rings. The number of fused-ring (bicyclic) bond motifs is 1. The molecule has 172 valence electrons. The van der Waals surface area contributed by atoms with Crippen molar-refractivity contribution in [1.29, 1.82) is 0 Å². The zero-order valence-corrected chi connectivity index (χ0v) is 20.1. The smallest absolute Gasteiger partial charge is 0.410 e. The van der Waals surface area contributed by atoms with Gasteiger partial charge in [0.15, 0.2) is 5.65 Å². The number of aromatic nitrogens is 4. The van der Waals surface area contributed by atoms with Gasteiger partial charge in [-0.15, -0.1) is 0 Å². The highest BCUT2D eigenvalue weighted by molar-refractivity contribution is 7.90. The molecule has 0 aromatic carbocycles. The highest BCUT2D eigenvalue weighted by Gasteiger charge is 2.29. The molecule has 0 atom stereocenters. The van der Waals surface area contributed by atoms with E-state index < -0.39 is 15.4 Å². The third kappa shape index (κ3) is 5.44. The minimum absolute atomic E-state index is 0.00600. The maximum absolute atomic E-state index is 12.3. The van der Waals surface area contributed by atoms with Crippen LogP contribution >= 0.6 is 0 Å². The number of carbonyl (C=O) groups excluding carboxylic acids is 1. The van der Waals surface area contributed by atoms with E-state index in [-0.39, 0.29) is 22.7 Å². The molecule has 10 nitrogen and oxygen atoms in total. The molecule has 11 heteroatoms. The van der Waals surface area contributed by atoms with E-state index in [0.717, 1.165) is 11.8 Å². The number of anilines is 1. The number of rotatable bonds is 3. The second-order valence-electron chi connectivity index (χ2n) is 10.0. The normalized spacial score (nSPS) is 16.5. The van der Waals surface area contributed by atoms with Crippen molar-refractivity contribution < 1.29 is 17.9 Å². The van der Waals surface area contributed by atoms with Crippen molar-refractivity contribution in [3.05, 3.63) is 11.8 Å². The van der Waals surface area contributed by atoms with Gasteiger partial charge in [0.1, 0.15) is 5.60 Å². The molecule has 0 aliphatic carbocycles. The van der Waals surface area contributed by atoms with E-state index in [1.807, 2.05) is 41.5 Å². The lowest BCUT2D eigenvalue weighted by molar-refractivity contribution is 0.0210. The predicted octanol–water partition coefficient (Wildman–Crippen LogP) is 2.64. The Kier molecular flexibility index (Phi) is 5.94. The summed E-state index contributed by atoms with van der Waals surface area (Å²) < 4.78 is 31.4. The topological polar surface area (TPSA) is 119 Å². The molecule has 3 heterocycles. The highest BCUT2D eigenvalue weighted by atomic mass is 32.2. The molecule has 0 saturated carbocycles. The van der Waals surface area contributed by atoms with Crippen molar-refractivity contribution in [3.8, 4) is 0 Å². The molecule has 2 aromatic heterocycles. The quantitative estimate of drug-likeness (QED) is 0.755. The zero-order valence-electron chi connectivity index (χ0n) is 19.3. The van der Waals surface area contributed by atoms with Crippen molar-refractivity contribution in [1.82, 2.24) is 24.5 Å². The number of likely N-dealkylation sites (tertiary alicyclic amines) is 1. The van der Waals surface area contributed by atoms with E-state index in [9.17, 15) is 13.2 Å². The summed E-state index contributed by atoms with van der Waals surface area (Å²) >= 11 is 0. The standard InChI is InChI=1S/C20H32N6O4S/c1-19(2,3)14-12-21-26-15(14)23-17(31(7,28)29)24-16(26)22-13-8-10-25(11-9-13)18(27)30-20(4,5)6/h12-13H,8-11H2,1-7H3,(H,22,23,24). The third-order valence-electron chi connectivity index (χ3n) is 4.97. The van der Waals surface area contributed by atoms with Gasteiger partial charge in [0.05, 0.1) is 6.20 Å². The Hall–Kier alpha value is -2.43. The second kappa shape index (κ2) is 7.92. The van der Waals surface area contributed by atoms with E-state index in [2.05, 4.69) is 20.4 Å². The molecule has 1 aliphatic heterocycles. The molecule has 0 spiro atoms. The average Bonchev–Trinajstić information content (AvgIpc) is 3.04. The molecular formula is C20H32N6O4S. The molecule has 1 amide bonds. The Balaban J connectivity index is 1.84. The van der Waals surface area contributed by atoms with Crippen molar-refractivity contribution in [3.63, 3.8) is 0 Å². The van der Waals surface area contributed by atoms with Crippen molar-refractivity contribution in [2.45, 2.75) is 76.6 Å². The molecule has 2 aromatic rings. The number of amides is 1. The fourth-order valence-corrected chi connectivity index (χ4v) is 3.87. The van der Waals surface area contributed by atoms with Crippen molar-refractivity contribution in [2.24, 2.45) is 0 Å². The van der Waals surface area contributed by atoms with Crippen LogP contribution < -0.4 is 5.32 Å². The Morgan fingerprint density at radius 3 is 2.26 bits per heavy atom. The summed E-state index contributed by atoms with van der Waals surface area (Å²) in [4.78, 5) is 22.5. The Bertz CT molecular complexity index is 1070. The first-order chi connectivity index (χ1) is 14.1. The number of carbonyl (C=O) groups is 1. The summed E-state index contributed by atoms with van der Waals surface area (Å²) in [5.74, 6) is 0.330. The van der Waals surface area contributed by atoms with Crippen LogP contribution in [0, 0.1) is 0 Å². The number of sulfone groups is 1. The Morgan fingerprint density at radius 2 is 1.74 bits per heavy atom. The van der Waals surface area contributed by atoms with Gasteiger partial charge in [0.25, 0.3) is 5.16 Å². The minimum Gasteiger partial charge on any atom is -0.444 e. The number of nitrogens with one attached hydrogen (secondary N) is 1. The van der Waals surface area contributed by atoms with Gasteiger partial charge in [-0.1, -0.05) is 20.8 Å². The Labute approximate surface area is 183 Å². The van der Waals surface area contributed by atoms with E-state index in [1.54, 1.807) is 15.6 Å². The van der Waals surface area contributed by atoms with Crippen LogP contribution in [0.1, 0.15) is 59.9 Å². The van der Waals surface area contributed by atoms with Crippen LogP contribution in [-0.2, 0) is 20.0 Å². The van der Waals surface area contributed by atoms with Gasteiger partial charge in [-0.05, 0) is 39.0 Å². The Morgan fingerprint density at radius 1 is 1.13 bits per heavy atom. The van der Waals surface area contributed by atoms with E-state index in [1.165, 1.54) is 0 Å². The van der Waals surface area contributed by atoms with Gasteiger partial charge >= 0.3 is 6.09 Å². The van der Waals surface area contributed by atoms with Gasteiger partial charge in [-0.25, -0.2) is 13.2 Å². The van der Waals surface area contributed by atoms with Crippen LogP contribution in [0.2, 0.25) is 0 Å². The first-order valence-electron chi connectivity index (χ1n) is 10.4. The molecule has 1 aliphatic rings. The van der Waals surface area contributed by atoms with Crippen molar-refractivity contribution in [2.75, 3.05) is 24.7 Å². The van der Waals surface area contributed by atoms with Gasteiger partial charge in [0, 0.05) is 31.0 Å². The molecule has 31 heavy (non-hydrogen) atoms. The summed E-state index contributed by atoms with van der Waals surface area (Å²) in [5.41, 5.74) is 0.506. The second-order valence-corrected chi connectivity index (χ2v) is 11.9. The fraction of sp³-hybridized carbons (Fsp3) is 0.700. The fourth-order valence-electron chi connectivity index (χ4n) is 3.36. The first kappa shape index (κ1) is 23.2. The monoisotopic (exact) mass is 452 g/mol. The summed E-state index contributed by atoms with van der Waals surface area (Å²) in [5, 5.41) is 7.49. The SMILES string of the molecule is CC(C)(C)OC(=O)N1CCC(Nc2nc(S(C)(=O)=O)nc3c(C(C)(C)C)cnn23)CC1. The van der Waals surface area contributed by atoms with Crippen LogP contribution in [0.15, 0.2) is 11.4 Å². The van der Waals surface area contributed by atoms with Crippen LogP contribution in [0.4, 0.5) is 10.7 Å². The number of ether oxygens (including phenoxy) is 1. The molecule has 1 N–H and O–H groups in total. The zero-order chi connectivity index (χ0) is 23.2. The van der Waals surface area contributed by atoms with E-state index in [4.69, 9.17) is 4.74 Å². The van der Waals surface area contributed by atoms with Crippen LogP contribution in [0.3, 0.4) is 0 Å². The van der Waals surface area contributed by atoms with Gasteiger partial charge < -0.3 is 15.0 Å². The van der Waals surface area contributed by atoms with Gasteiger partial charge in [-0.3, -0.25) is 0 Å². The predicted molar refractivity (Wildman–Crippen MR) is 117 cm³/mol. The molecule has 3 rings (SSSR count). The summed E-state index contributed by atoms with van der Waals surface area (Å²) in [6.45, 7) is 12.7. The summed E-state index contributed by atoms with van der Waals surface area (Å²) in [7, 11) is -3.61. The number of nitrogens with zero attached hydrogens (tertiary/aromatic N) is 5. The number of hydrogen-bond donors (Lipinski definition) is 1. The molecule has 0 unspecified atom stereocenters. The van der Waals surface area contributed by atoms with Crippen LogP contribution in [0.5, 0.6) is 0 Å². The van der Waals surface area contributed by atoms with Crippen LogP contribution in [-0.4, -0.2) is 70.0 Å². The lowest BCUT2D eigenvalue weighted by Gasteiger charge is -2.33. The lowest BCUT2D eigenvalue weighted by Crippen LogP contribution is -2.44. The maximum atomic E-state index is 12.3. The third-order valence-corrected chi connectivity index (χ3v) is 5.81. The molecular weight excluding hydrogens is 420 g/mol. The van der Waals surface area contributed by atoms with E-state index in [0.29, 0.717) is 37.5 Å². The average molecular weight is 453 g/mol. The minimum atomic E-state index is -3.61. The molecule has 0 radical (unpaired) electrons. The maximum Gasteiger partial charge on any atom is 0.410 e. The van der Waals surface area contributed by atoms with Crippen LogP contribution in [0.25, 0.3) is 5.65 Å². The van der Waals surface area contributed by atoms with E-state index >= 15 is 0 Å². The summed E-state index contributed by atoms with van der Waals surface area (Å²) in [6.07, 6.45) is 3.82. The molecule has 0 bridgehead atoms.